The molecule has 0 aliphatic heterocycles. The van der Waals surface area contributed by atoms with Gasteiger partial charge >= 0.3 is 0 Å². The van der Waals surface area contributed by atoms with Crippen LogP contribution in [0.3, 0.4) is 0 Å². The Kier molecular flexibility index (Phi) is 4.33. The largest absolute Gasteiger partial charge is 0.508 e. The van der Waals surface area contributed by atoms with Gasteiger partial charge in [-0.05, 0) is 19.0 Å². The van der Waals surface area contributed by atoms with Gasteiger partial charge in [-0.3, -0.25) is 0 Å². The lowest BCUT2D eigenvalue weighted by Crippen LogP contribution is -2.14. The van der Waals surface area contributed by atoms with Crippen LogP contribution in [0.1, 0.15) is 25.3 Å². The van der Waals surface area contributed by atoms with E-state index in [-0.39, 0.29) is 0 Å². The summed E-state index contributed by atoms with van der Waals surface area (Å²) in [5.41, 5.74) is 0.971. The van der Waals surface area contributed by atoms with Crippen molar-refractivity contribution in [1.29, 1.82) is 0 Å². The summed E-state index contributed by atoms with van der Waals surface area (Å²) in [5.74, 6) is 0.381. The van der Waals surface area contributed by atoms with Crippen LogP contribution in [0.2, 0.25) is 0 Å². The number of hydrogen-bond donors (Lipinski definition) is 2. The third-order valence-corrected chi connectivity index (χ3v) is 2.01. The molecule has 0 heterocycles. The molecular weight excluding hydrogens is 162 g/mol. The van der Waals surface area contributed by atoms with Crippen LogP contribution in [0.15, 0.2) is 24.3 Å². The van der Waals surface area contributed by atoms with Gasteiger partial charge in [-0.2, -0.15) is 0 Å². The Morgan fingerprint density at radius 3 is 2.77 bits per heavy atom. The van der Waals surface area contributed by atoms with Crippen LogP contribution in [0.5, 0.6) is 5.75 Å². The second kappa shape index (κ2) is 5.60. The molecule has 2 nitrogen and oxygen atoms in total. The smallest absolute Gasteiger partial charge is 0.120 e. The van der Waals surface area contributed by atoms with Gasteiger partial charge < -0.3 is 10.4 Å². The molecule has 2 N–H and O–H groups in total. The zero-order valence-electron chi connectivity index (χ0n) is 8.09. The fourth-order valence-corrected chi connectivity index (χ4v) is 1.19. The highest BCUT2D eigenvalue weighted by molar-refractivity contribution is 5.31. The van der Waals surface area contributed by atoms with Gasteiger partial charge in [0.05, 0.1) is 0 Å². The third-order valence-electron chi connectivity index (χ3n) is 2.01. The Morgan fingerprint density at radius 1 is 1.31 bits per heavy atom. The second-order valence-electron chi connectivity index (χ2n) is 3.16. The van der Waals surface area contributed by atoms with Gasteiger partial charge in [0.2, 0.25) is 0 Å². The van der Waals surface area contributed by atoms with Crippen LogP contribution in [0.25, 0.3) is 0 Å². The number of aromatic hydroxyl groups is 1. The molecule has 72 valence electrons. The minimum atomic E-state index is 0.381. The van der Waals surface area contributed by atoms with Gasteiger partial charge in [-0.15, -0.1) is 0 Å². The van der Waals surface area contributed by atoms with Crippen molar-refractivity contribution in [3.63, 3.8) is 0 Å². The molecule has 0 unspecified atom stereocenters. The van der Waals surface area contributed by atoms with Crippen molar-refractivity contribution in [2.75, 3.05) is 6.54 Å². The minimum absolute atomic E-state index is 0.381. The molecule has 0 fully saturated rings. The minimum Gasteiger partial charge on any atom is -0.508 e. The molecule has 13 heavy (non-hydrogen) atoms. The Morgan fingerprint density at radius 2 is 2.08 bits per heavy atom. The van der Waals surface area contributed by atoms with Crippen molar-refractivity contribution in [2.24, 2.45) is 0 Å². The molecule has 1 rings (SSSR count). The first kappa shape index (κ1) is 10.1. The average Bonchev–Trinajstić information content (AvgIpc) is 2.15. The Labute approximate surface area is 79.6 Å². The lowest BCUT2D eigenvalue weighted by molar-refractivity contribution is 0.464. The zero-order valence-corrected chi connectivity index (χ0v) is 8.09. The van der Waals surface area contributed by atoms with Crippen molar-refractivity contribution < 1.29 is 5.11 Å². The monoisotopic (exact) mass is 179 g/mol. The highest BCUT2D eigenvalue weighted by Gasteiger charge is 1.97. The highest BCUT2D eigenvalue weighted by atomic mass is 16.3. The number of hydrogen-bond acceptors (Lipinski definition) is 2. The Balaban J connectivity index is 2.32. The predicted octanol–water partition coefficient (Wildman–Crippen LogP) is 2.28. The van der Waals surface area contributed by atoms with E-state index in [0.717, 1.165) is 18.7 Å². The average molecular weight is 179 g/mol. The Bertz CT molecular complexity index is 248. The molecular formula is C11H17NO. The topological polar surface area (TPSA) is 32.3 Å². The van der Waals surface area contributed by atoms with E-state index in [4.69, 9.17) is 0 Å². The molecule has 0 saturated carbocycles. The maximum atomic E-state index is 9.43. The molecule has 2 heteroatoms. The third kappa shape index (κ3) is 3.47. The SMILES string of the molecule is CCCCNCc1ccccc1O. The number of phenols is 1. The maximum Gasteiger partial charge on any atom is 0.120 e. The molecule has 0 radical (unpaired) electrons. The predicted molar refractivity (Wildman–Crippen MR) is 54.7 cm³/mol. The van der Waals surface area contributed by atoms with Crippen LogP contribution in [0, 0.1) is 0 Å². The quantitative estimate of drug-likeness (QED) is 0.680. The van der Waals surface area contributed by atoms with Gasteiger partial charge in [0.1, 0.15) is 5.75 Å². The summed E-state index contributed by atoms with van der Waals surface area (Å²) in [6, 6.07) is 7.44. The number of phenolic OH excluding ortho intramolecular Hbond substituents is 1. The molecule has 0 amide bonds. The normalized spacial score (nSPS) is 10.2. The van der Waals surface area contributed by atoms with Gasteiger partial charge in [0.15, 0.2) is 0 Å². The van der Waals surface area contributed by atoms with E-state index in [1.165, 1.54) is 12.8 Å². The molecule has 0 aromatic heterocycles. The zero-order chi connectivity index (χ0) is 9.52. The summed E-state index contributed by atoms with van der Waals surface area (Å²) in [6.45, 7) is 3.94. The van der Waals surface area contributed by atoms with E-state index in [2.05, 4.69) is 12.2 Å². The van der Waals surface area contributed by atoms with E-state index in [1.807, 2.05) is 18.2 Å². The number of nitrogens with one attached hydrogen (secondary N) is 1. The van der Waals surface area contributed by atoms with E-state index < -0.39 is 0 Å². The van der Waals surface area contributed by atoms with Crippen LogP contribution >= 0.6 is 0 Å². The van der Waals surface area contributed by atoms with Crippen molar-refractivity contribution in [3.05, 3.63) is 29.8 Å². The lowest BCUT2D eigenvalue weighted by Gasteiger charge is -2.05. The summed E-state index contributed by atoms with van der Waals surface area (Å²) in [6.07, 6.45) is 2.39. The summed E-state index contributed by atoms with van der Waals surface area (Å²) >= 11 is 0. The van der Waals surface area contributed by atoms with E-state index in [1.54, 1.807) is 6.07 Å². The van der Waals surface area contributed by atoms with Crippen LogP contribution in [-0.4, -0.2) is 11.7 Å². The standard InChI is InChI=1S/C11H17NO/c1-2-3-8-12-9-10-6-4-5-7-11(10)13/h4-7,12-13H,2-3,8-9H2,1H3. The summed E-state index contributed by atoms with van der Waals surface area (Å²) in [4.78, 5) is 0. The Hall–Kier alpha value is -1.02. The molecule has 1 aromatic rings. The maximum absolute atomic E-state index is 9.43. The van der Waals surface area contributed by atoms with Gasteiger partial charge in [-0.25, -0.2) is 0 Å². The van der Waals surface area contributed by atoms with Crippen molar-refractivity contribution >= 4 is 0 Å². The number of unbranched alkanes of at least 4 members (excludes halogenated alkanes) is 1. The molecule has 0 spiro atoms. The fourth-order valence-electron chi connectivity index (χ4n) is 1.19. The van der Waals surface area contributed by atoms with E-state index in [9.17, 15) is 5.11 Å². The number of benzene rings is 1. The first-order chi connectivity index (χ1) is 6.34. The first-order valence-electron chi connectivity index (χ1n) is 4.82. The summed E-state index contributed by atoms with van der Waals surface area (Å²) in [5, 5.41) is 12.7. The van der Waals surface area contributed by atoms with Gasteiger partial charge in [-0.1, -0.05) is 31.5 Å². The molecule has 0 saturated heterocycles. The van der Waals surface area contributed by atoms with Crippen molar-refractivity contribution in [3.8, 4) is 5.75 Å². The van der Waals surface area contributed by atoms with E-state index >= 15 is 0 Å². The lowest BCUT2D eigenvalue weighted by atomic mass is 10.2. The molecule has 0 bridgehead atoms. The fraction of sp³-hybridized carbons (Fsp3) is 0.455. The molecule has 0 aliphatic rings. The molecule has 0 aliphatic carbocycles. The van der Waals surface area contributed by atoms with Gasteiger partial charge in [0, 0.05) is 12.1 Å². The highest BCUT2D eigenvalue weighted by Crippen LogP contribution is 2.14. The summed E-state index contributed by atoms with van der Waals surface area (Å²) in [7, 11) is 0. The van der Waals surface area contributed by atoms with Crippen LogP contribution in [0.4, 0.5) is 0 Å². The molecule has 0 atom stereocenters. The first-order valence-corrected chi connectivity index (χ1v) is 4.82. The van der Waals surface area contributed by atoms with Crippen LogP contribution < -0.4 is 5.32 Å². The van der Waals surface area contributed by atoms with Gasteiger partial charge in [0.25, 0.3) is 0 Å². The van der Waals surface area contributed by atoms with Crippen molar-refractivity contribution in [2.45, 2.75) is 26.3 Å². The second-order valence-corrected chi connectivity index (χ2v) is 3.16. The molecule has 1 aromatic carbocycles. The summed E-state index contributed by atoms with van der Waals surface area (Å²) < 4.78 is 0. The van der Waals surface area contributed by atoms with Crippen LogP contribution in [-0.2, 0) is 6.54 Å². The van der Waals surface area contributed by atoms with E-state index in [0.29, 0.717) is 5.75 Å². The number of para-hydroxylation sites is 1. The number of rotatable bonds is 5. The van der Waals surface area contributed by atoms with Crippen molar-refractivity contribution in [1.82, 2.24) is 5.32 Å².